The van der Waals surface area contributed by atoms with E-state index in [0.717, 1.165) is 0 Å². The third-order valence-corrected chi connectivity index (χ3v) is 3.00. The number of fused-ring (bicyclic) bond motifs is 1. The summed E-state index contributed by atoms with van der Waals surface area (Å²) in [7, 11) is 1.59. The second kappa shape index (κ2) is 3.96. The summed E-state index contributed by atoms with van der Waals surface area (Å²) in [6.45, 7) is 3.17. The summed E-state index contributed by atoms with van der Waals surface area (Å²) in [5.74, 6) is -0.178. The molecule has 0 N–H and O–H groups in total. The van der Waals surface area contributed by atoms with Crippen molar-refractivity contribution in [2.75, 3.05) is 0 Å². The summed E-state index contributed by atoms with van der Waals surface area (Å²) < 4.78 is 1.34. The van der Waals surface area contributed by atoms with Crippen LogP contribution < -0.4 is 5.56 Å². The van der Waals surface area contributed by atoms with Gasteiger partial charge in [-0.2, -0.15) is 0 Å². The predicted octanol–water partition coefficient (Wildman–Crippen LogP) is 2.10. The fourth-order valence-corrected chi connectivity index (χ4v) is 1.95. The SMILES string of the molecule is CC(=O)c1nc(C)cc2c(=O)n(C)c(Cl)cc12. The van der Waals surface area contributed by atoms with Crippen molar-refractivity contribution >= 4 is 28.2 Å². The van der Waals surface area contributed by atoms with Crippen LogP contribution >= 0.6 is 11.6 Å². The van der Waals surface area contributed by atoms with E-state index in [1.807, 2.05) is 0 Å². The second-order valence-corrected chi connectivity index (χ2v) is 4.35. The molecule has 0 aliphatic heterocycles. The first-order valence-electron chi connectivity index (χ1n) is 5.09. The first-order valence-corrected chi connectivity index (χ1v) is 5.47. The Balaban J connectivity index is 3.05. The van der Waals surface area contributed by atoms with Gasteiger partial charge in [0.05, 0.1) is 5.39 Å². The molecule has 17 heavy (non-hydrogen) atoms. The molecule has 88 valence electrons. The number of carbonyl (C=O) groups is 1. The van der Waals surface area contributed by atoms with E-state index in [1.165, 1.54) is 11.5 Å². The normalized spacial score (nSPS) is 10.8. The van der Waals surface area contributed by atoms with Gasteiger partial charge in [-0.15, -0.1) is 0 Å². The number of hydrogen-bond acceptors (Lipinski definition) is 3. The van der Waals surface area contributed by atoms with E-state index in [2.05, 4.69) is 4.98 Å². The van der Waals surface area contributed by atoms with E-state index in [4.69, 9.17) is 11.6 Å². The molecule has 0 unspecified atom stereocenters. The summed E-state index contributed by atoms with van der Waals surface area (Å²) >= 11 is 5.93. The molecular formula is C12H11ClN2O2. The number of hydrogen-bond donors (Lipinski definition) is 0. The summed E-state index contributed by atoms with van der Waals surface area (Å²) in [6, 6.07) is 3.27. The van der Waals surface area contributed by atoms with E-state index in [0.29, 0.717) is 22.2 Å². The Morgan fingerprint density at radius 3 is 2.59 bits per heavy atom. The molecule has 5 heteroatoms. The maximum atomic E-state index is 12.0. The molecule has 2 aromatic rings. The van der Waals surface area contributed by atoms with Gasteiger partial charge in [0.25, 0.3) is 5.56 Å². The molecule has 2 rings (SSSR count). The lowest BCUT2D eigenvalue weighted by molar-refractivity contribution is 0.101. The summed E-state index contributed by atoms with van der Waals surface area (Å²) in [6.07, 6.45) is 0. The second-order valence-electron chi connectivity index (χ2n) is 3.96. The molecule has 0 saturated heterocycles. The fourth-order valence-electron chi connectivity index (χ4n) is 1.77. The van der Waals surface area contributed by atoms with Crippen LogP contribution in [0, 0.1) is 6.92 Å². The van der Waals surface area contributed by atoms with Crippen molar-refractivity contribution in [2.24, 2.45) is 7.05 Å². The number of ketones is 1. The number of carbonyl (C=O) groups excluding carboxylic acids is 1. The molecule has 0 fully saturated rings. The Kier molecular flexibility index (Phi) is 2.75. The minimum atomic E-state index is -0.222. The lowest BCUT2D eigenvalue weighted by Gasteiger charge is -2.08. The van der Waals surface area contributed by atoms with Crippen molar-refractivity contribution in [1.82, 2.24) is 9.55 Å². The molecule has 2 heterocycles. The minimum Gasteiger partial charge on any atom is -0.302 e. The molecular weight excluding hydrogens is 240 g/mol. The Morgan fingerprint density at radius 2 is 2.00 bits per heavy atom. The van der Waals surface area contributed by atoms with Gasteiger partial charge >= 0.3 is 0 Å². The maximum Gasteiger partial charge on any atom is 0.259 e. The van der Waals surface area contributed by atoms with E-state index >= 15 is 0 Å². The van der Waals surface area contributed by atoms with Crippen molar-refractivity contribution < 1.29 is 4.79 Å². The quantitative estimate of drug-likeness (QED) is 0.575. The van der Waals surface area contributed by atoms with Gasteiger partial charge < -0.3 is 4.57 Å². The lowest BCUT2D eigenvalue weighted by Crippen LogP contribution is -2.18. The molecule has 4 nitrogen and oxygen atoms in total. The zero-order valence-electron chi connectivity index (χ0n) is 9.74. The number of pyridine rings is 2. The number of halogens is 1. The number of rotatable bonds is 1. The molecule has 0 saturated carbocycles. The van der Waals surface area contributed by atoms with Gasteiger partial charge in [0.15, 0.2) is 5.78 Å². The standard InChI is InChI=1S/C12H11ClN2O2/c1-6-4-9-8(11(14-6)7(2)16)5-10(13)15(3)12(9)17/h4-5H,1-3H3. The van der Waals surface area contributed by atoms with Crippen LogP contribution in [0.5, 0.6) is 0 Å². The van der Waals surface area contributed by atoms with Crippen LogP contribution in [0.4, 0.5) is 0 Å². The van der Waals surface area contributed by atoms with Crippen LogP contribution in [0.1, 0.15) is 23.1 Å². The highest BCUT2D eigenvalue weighted by atomic mass is 35.5. The fraction of sp³-hybridized carbons (Fsp3) is 0.250. The first kappa shape index (κ1) is 11.8. The number of nitrogens with zero attached hydrogens (tertiary/aromatic N) is 2. The molecule has 0 atom stereocenters. The first-order chi connectivity index (χ1) is 7.91. The summed E-state index contributed by atoms with van der Waals surface area (Å²) in [4.78, 5) is 27.7. The van der Waals surface area contributed by atoms with Crippen molar-refractivity contribution in [3.05, 3.63) is 39.0 Å². The van der Waals surface area contributed by atoms with Gasteiger partial charge in [0.2, 0.25) is 0 Å². The highest BCUT2D eigenvalue weighted by molar-refractivity contribution is 6.30. The lowest BCUT2D eigenvalue weighted by atomic mass is 10.1. The molecule has 0 aromatic carbocycles. The van der Waals surface area contributed by atoms with Crippen molar-refractivity contribution in [1.29, 1.82) is 0 Å². The van der Waals surface area contributed by atoms with Crippen molar-refractivity contribution in [2.45, 2.75) is 13.8 Å². The Morgan fingerprint density at radius 1 is 1.35 bits per heavy atom. The number of aryl methyl sites for hydroxylation is 1. The van der Waals surface area contributed by atoms with Crippen molar-refractivity contribution in [3.63, 3.8) is 0 Å². The van der Waals surface area contributed by atoms with E-state index < -0.39 is 0 Å². The average Bonchev–Trinajstić information content (AvgIpc) is 2.26. The van der Waals surface area contributed by atoms with Crippen molar-refractivity contribution in [3.8, 4) is 0 Å². The maximum absolute atomic E-state index is 12.0. The molecule has 0 spiro atoms. The zero-order valence-corrected chi connectivity index (χ0v) is 10.5. The minimum absolute atomic E-state index is 0.178. The van der Waals surface area contributed by atoms with Gasteiger partial charge in [-0.25, -0.2) is 4.98 Å². The van der Waals surface area contributed by atoms with Gasteiger partial charge in [-0.05, 0) is 19.1 Å². The highest BCUT2D eigenvalue weighted by Crippen LogP contribution is 2.19. The van der Waals surface area contributed by atoms with Gasteiger partial charge in [-0.1, -0.05) is 11.6 Å². The van der Waals surface area contributed by atoms with Crippen LogP contribution in [0.25, 0.3) is 10.8 Å². The Hall–Kier alpha value is -1.68. The molecule has 2 aromatic heterocycles. The Bertz CT molecular complexity index is 689. The Labute approximate surface area is 103 Å². The molecule has 0 amide bonds. The third kappa shape index (κ3) is 1.85. The monoisotopic (exact) mass is 250 g/mol. The smallest absolute Gasteiger partial charge is 0.259 e. The van der Waals surface area contributed by atoms with Crippen LogP contribution in [-0.2, 0) is 7.05 Å². The zero-order chi connectivity index (χ0) is 12.7. The molecule has 0 bridgehead atoms. The van der Waals surface area contributed by atoms with Crippen LogP contribution in [0.3, 0.4) is 0 Å². The van der Waals surface area contributed by atoms with E-state index in [1.54, 1.807) is 26.1 Å². The number of aromatic nitrogens is 2. The van der Waals surface area contributed by atoms with E-state index in [9.17, 15) is 9.59 Å². The number of Topliss-reactive ketones (excluding diaryl/α,β-unsaturated/α-hetero) is 1. The largest absolute Gasteiger partial charge is 0.302 e. The van der Waals surface area contributed by atoms with Crippen LogP contribution in [-0.4, -0.2) is 15.3 Å². The van der Waals surface area contributed by atoms with Gasteiger partial charge in [0.1, 0.15) is 10.8 Å². The average molecular weight is 251 g/mol. The van der Waals surface area contributed by atoms with E-state index in [-0.39, 0.29) is 16.5 Å². The molecule has 0 aliphatic rings. The predicted molar refractivity (Wildman–Crippen MR) is 66.7 cm³/mol. The molecule has 0 aliphatic carbocycles. The van der Waals surface area contributed by atoms with Crippen LogP contribution in [0.15, 0.2) is 16.9 Å². The summed E-state index contributed by atoms with van der Waals surface area (Å²) in [5, 5.41) is 1.27. The summed E-state index contributed by atoms with van der Waals surface area (Å²) in [5.41, 5.74) is 0.710. The van der Waals surface area contributed by atoms with Gasteiger partial charge in [0, 0.05) is 25.1 Å². The third-order valence-electron chi connectivity index (χ3n) is 2.64. The molecule has 0 radical (unpaired) electrons. The van der Waals surface area contributed by atoms with Gasteiger partial charge in [-0.3, -0.25) is 9.59 Å². The highest BCUT2D eigenvalue weighted by Gasteiger charge is 2.13. The van der Waals surface area contributed by atoms with Crippen LogP contribution in [0.2, 0.25) is 5.15 Å². The topological polar surface area (TPSA) is 52.0 Å².